The maximum Gasteiger partial charge on any atom is 0.308 e. The van der Waals surface area contributed by atoms with Gasteiger partial charge in [-0.05, 0) is 50.4 Å². The fraction of sp³-hybridized carbons (Fsp3) is 0.240. The first-order valence-corrected chi connectivity index (χ1v) is 10.5. The Balaban J connectivity index is 1.32. The predicted molar refractivity (Wildman–Crippen MR) is 124 cm³/mol. The number of carbonyl (C=O) groups is 2. The standard InChI is InChI=1S/C25H26N4O3/c1-17-8-10-21(11-9-17)29-19(3)25(18(2)27-29)26-23(30)16-32-24(31)13-15-28-14-12-20-6-4-5-7-22(20)28/h4-12,14H,13,15-16H2,1-3H3,(H,26,30). The molecule has 1 N–H and O–H groups in total. The Morgan fingerprint density at radius 1 is 1.00 bits per heavy atom. The second kappa shape index (κ2) is 9.09. The van der Waals surface area contributed by atoms with Crippen molar-refractivity contribution in [2.45, 2.75) is 33.7 Å². The van der Waals surface area contributed by atoms with Crippen LogP contribution in [0.3, 0.4) is 0 Å². The molecule has 0 aliphatic rings. The fourth-order valence-electron chi connectivity index (χ4n) is 3.70. The average molecular weight is 431 g/mol. The third-order valence-electron chi connectivity index (χ3n) is 5.44. The summed E-state index contributed by atoms with van der Waals surface area (Å²) in [5.74, 6) is -0.804. The first kappa shape index (κ1) is 21.4. The van der Waals surface area contributed by atoms with Crippen molar-refractivity contribution < 1.29 is 14.3 Å². The molecule has 164 valence electrons. The highest BCUT2D eigenvalue weighted by Gasteiger charge is 2.16. The minimum atomic E-state index is -0.415. The summed E-state index contributed by atoms with van der Waals surface area (Å²) < 4.78 is 8.97. The van der Waals surface area contributed by atoms with Crippen LogP contribution >= 0.6 is 0 Å². The lowest BCUT2D eigenvalue weighted by Crippen LogP contribution is -2.22. The fourth-order valence-corrected chi connectivity index (χ4v) is 3.70. The van der Waals surface area contributed by atoms with Crippen LogP contribution in [-0.2, 0) is 20.9 Å². The van der Waals surface area contributed by atoms with Gasteiger partial charge >= 0.3 is 5.97 Å². The number of hydrogen-bond donors (Lipinski definition) is 1. The van der Waals surface area contributed by atoms with Gasteiger partial charge in [0.25, 0.3) is 5.91 Å². The topological polar surface area (TPSA) is 78.2 Å². The molecule has 7 heteroatoms. The van der Waals surface area contributed by atoms with Crippen molar-refractivity contribution in [3.63, 3.8) is 0 Å². The van der Waals surface area contributed by atoms with Gasteiger partial charge in [-0.3, -0.25) is 9.59 Å². The van der Waals surface area contributed by atoms with E-state index in [4.69, 9.17) is 4.74 Å². The summed E-state index contributed by atoms with van der Waals surface area (Å²) in [5.41, 5.74) is 5.28. The normalized spacial score (nSPS) is 11.0. The van der Waals surface area contributed by atoms with E-state index in [9.17, 15) is 9.59 Å². The van der Waals surface area contributed by atoms with Crippen molar-refractivity contribution in [3.05, 3.63) is 77.7 Å². The maximum atomic E-state index is 12.4. The van der Waals surface area contributed by atoms with Crippen molar-refractivity contribution in [3.8, 4) is 5.69 Å². The second-order valence-corrected chi connectivity index (χ2v) is 7.82. The Kier molecular flexibility index (Phi) is 6.07. The highest BCUT2D eigenvalue weighted by Crippen LogP contribution is 2.23. The summed E-state index contributed by atoms with van der Waals surface area (Å²) in [5, 5.41) is 8.48. The Morgan fingerprint density at radius 3 is 2.53 bits per heavy atom. The molecule has 0 radical (unpaired) electrons. The molecule has 0 atom stereocenters. The van der Waals surface area contributed by atoms with Crippen LogP contribution in [0.25, 0.3) is 16.6 Å². The first-order valence-electron chi connectivity index (χ1n) is 10.5. The molecule has 0 spiro atoms. The number of para-hydroxylation sites is 1. The number of carbonyl (C=O) groups excluding carboxylic acids is 2. The molecule has 7 nitrogen and oxygen atoms in total. The van der Waals surface area contributed by atoms with Gasteiger partial charge in [0.2, 0.25) is 0 Å². The molecule has 2 aromatic carbocycles. The predicted octanol–water partition coefficient (Wildman–Crippen LogP) is 4.32. The minimum absolute atomic E-state index is 0.190. The van der Waals surface area contributed by atoms with Crippen LogP contribution in [0.2, 0.25) is 0 Å². The van der Waals surface area contributed by atoms with E-state index in [-0.39, 0.29) is 18.9 Å². The molecular weight excluding hydrogens is 404 g/mol. The van der Waals surface area contributed by atoms with E-state index in [1.165, 1.54) is 0 Å². The quantitative estimate of drug-likeness (QED) is 0.443. The van der Waals surface area contributed by atoms with Crippen molar-refractivity contribution in [2.24, 2.45) is 0 Å². The summed E-state index contributed by atoms with van der Waals surface area (Å²) in [6, 6.07) is 18.0. The van der Waals surface area contributed by atoms with E-state index in [0.29, 0.717) is 17.9 Å². The monoisotopic (exact) mass is 430 g/mol. The summed E-state index contributed by atoms with van der Waals surface area (Å²) in [6.45, 7) is 5.91. The van der Waals surface area contributed by atoms with Gasteiger partial charge in [0.05, 0.1) is 29.2 Å². The lowest BCUT2D eigenvalue weighted by atomic mass is 10.2. The number of hydrogen-bond acceptors (Lipinski definition) is 4. The summed E-state index contributed by atoms with van der Waals surface area (Å²) >= 11 is 0. The SMILES string of the molecule is Cc1ccc(-n2nc(C)c(NC(=O)COC(=O)CCn3ccc4ccccc43)c2C)cc1. The number of amides is 1. The number of ether oxygens (including phenoxy) is 1. The number of rotatable bonds is 7. The third-order valence-corrected chi connectivity index (χ3v) is 5.44. The van der Waals surface area contributed by atoms with Crippen LogP contribution in [0.5, 0.6) is 0 Å². The Morgan fingerprint density at radius 2 is 1.75 bits per heavy atom. The van der Waals surface area contributed by atoms with E-state index in [1.807, 2.05) is 86.1 Å². The molecular formula is C25H26N4O3. The number of nitrogens with one attached hydrogen (secondary N) is 1. The number of fused-ring (bicyclic) bond motifs is 1. The van der Waals surface area contributed by atoms with E-state index in [0.717, 1.165) is 27.8 Å². The van der Waals surface area contributed by atoms with Crippen molar-refractivity contribution in [2.75, 3.05) is 11.9 Å². The van der Waals surface area contributed by atoms with Gasteiger partial charge in [0, 0.05) is 18.3 Å². The lowest BCUT2D eigenvalue weighted by molar-refractivity contribution is -0.147. The minimum Gasteiger partial charge on any atom is -0.456 e. The zero-order valence-corrected chi connectivity index (χ0v) is 18.5. The summed E-state index contributed by atoms with van der Waals surface area (Å²) in [7, 11) is 0. The molecule has 1 amide bonds. The van der Waals surface area contributed by atoms with Gasteiger partial charge in [-0.15, -0.1) is 0 Å². The number of esters is 1. The van der Waals surface area contributed by atoms with E-state index < -0.39 is 5.97 Å². The molecule has 0 aliphatic carbocycles. The van der Waals surface area contributed by atoms with E-state index in [2.05, 4.69) is 10.4 Å². The van der Waals surface area contributed by atoms with Crippen LogP contribution in [0.1, 0.15) is 23.4 Å². The number of anilines is 1. The smallest absolute Gasteiger partial charge is 0.308 e. The number of aromatic nitrogens is 3. The van der Waals surface area contributed by atoms with Crippen molar-refractivity contribution in [1.82, 2.24) is 14.3 Å². The number of benzene rings is 2. The summed E-state index contributed by atoms with van der Waals surface area (Å²) in [6.07, 6.45) is 2.14. The van der Waals surface area contributed by atoms with Crippen LogP contribution in [0, 0.1) is 20.8 Å². The highest BCUT2D eigenvalue weighted by molar-refractivity contribution is 5.94. The van der Waals surface area contributed by atoms with Crippen molar-refractivity contribution >= 4 is 28.5 Å². The Bertz CT molecular complexity index is 1270. The number of nitrogens with zero attached hydrogens (tertiary/aromatic N) is 3. The molecule has 0 fully saturated rings. The molecule has 2 heterocycles. The van der Waals surface area contributed by atoms with Gasteiger partial charge in [-0.25, -0.2) is 4.68 Å². The zero-order valence-electron chi connectivity index (χ0n) is 18.5. The van der Waals surface area contributed by atoms with Crippen LogP contribution in [-0.4, -0.2) is 32.8 Å². The largest absolute Gasteiger partial charge is 0.456 e. The lowest BCUT2D eigenvalue weighted by Gasteiger charge is -2.09. The highest BCUT2D eigenvalue weighted by atomic mass is 16.5. The van der Waals surface area contributed by atoms with Gasteiger partial charge < -0.3 is 14.6 Å². The molecule has 4 aromatic rings. The number of aryl methyl sites for hydroxylation is 3. The average Bonchev–Trinajstić information content (AvgIpc) is 3.33. The maximum absolute atomic E-state index is 12.4. The van der Waals surface area contributed by atoms with E-state index in [1.54, 1.807) is 4.68 Å². The van der Waals surface area contributed by atoms with Crippen LogP contribution in [0.15, 0.2) is 60.8 Å². The first-order chi connectivity index (χ1) is 15.4. The van der Waals surface area contributed by atoms with Crippen molar-refractivity contribution in [1.29, 1.82) is 0 Å². The molecule has 0 bridgehead atoms. The molecule has 0 unspecified atom stereocenters. The third kappa shape index (κ3) is 4.56. The molecule has 2 aromatic heterocycles. The van der Waals surface area contributed by atoms with Crippen LogP contribution in [0.4, 0.5) is 5.69 Å². The molecule has 32 heavy (non-hydrogen) atoms. The molecule has 0 aliphatic heterocycles. The zero-order chi connectivity index (χ0) is 22.7. The molecule has 4 rings (SSSR count). The van der Waals surface area contributed by atoms with Gasteiger partial charge in [0.1, 0.15) is 0 Å². The van der Waals surface area contributed by atoms with E-state index >= 15 is 0 Å². The van der Waals surface area contributed by atoms with Crippen LogP contribution < -0.4 is 5.32 Å². The Labute approximate surface area is 186 Å². The molecule has 0 saturated heterocycles. The van der Waals surface area contributed by atoms with Gasteiger partial charge in [0.15, 0.2) is 6.61 Å². The Hall–Kier alpha value is -3.87. The molecule has 0 saturated carbocycles. The second-order valence-electron chi connectivity index (χ2n) is 7.82. The summed E-state index contributed by atoms with van der Waals surface area (Å²) in [4.78, 5) is 24.5. The van der Waals surface area contributed by atoms with Gasteiger partial charge in [-0.2, -0.15) is 5.10 Å². The van der Waals surface area contributed by atoms with Gasteiger partial charge in [-0.1, -0.05) is 35.9 Å².